The number of nitrogens with one attached hydrogen (secondary N) is 1. The molecule has 1 aliphatic carbocycles. The van der Waals surface area contributed by atoms with Gasteiger partial charge in [0.2, 0.25) is 0 Å². The van der Waals surface area contributed by atoms with E-state index >= 15 is 0 Å². The van der Waals surface area contributed by atoms with E-state index < -0.39 is 0 Å². The minimum atomic E-state index is -0.359. The minimum absolute atomic E-state index is 0.00185. The van der Waals surface area contributed by atoms with Crippen LogP contribution in [0.1, 0.15) is 53.9 Å². The molecule has 0 aromatic heterocycles. The summed E-state index contributed by atoms with van der Waals surface area (Å²) in [4.78, 5) is 12.9. The number of benzene rings is 1. The predicted octanol–water partition coefficient (Wildman–Crippen LogP) is 4.51. The van der Waals surface area contributed by atoms with Crippen molar-refractivity contribution in [2.45, 2.75) is 89.5 Å². The molecule has 0 radical (unpaired) electrons. The molecule has 0 bridgehead atoms. The van der Waals surface area contributed by atoms with E-state index in [1.807, 2.05) is 32.0 Å². The molecular formula is C28H41NO7. The maximum absolute atomic E-state index is 12.9. The Balaban J connectivity index is 1.39. The Morgan fingerprint density at radius 3 is 2.61 bits per heavy atom. The Bertz CT molecular complexity index is 969. The first-order valence-corrected chi connectivity index (χ1v) is 12.9. The minimum Gasteiger partial charge on any atom is -0.493 e. The summed E-state index contributed by atoms with van der Waals surface area (Å²) in [6.45, 7) is 11.0. The van der Waals surface area contributed by atoms with Crippen LogP contribution in [0.4, 0.5) is 5.69 Å². The monoisotopic (exact) mass is 503 g/mol. The van der Waals surface area contributed by atoms with Crippen molar-refractivity contribution in [2.24, 2.45) is 5.92 Å². The van der Waals surface area contributed by atoms with Gasteiger partial charge in [-0.25, -0.2) is 0 Å². The number of anilines is 1. The molecule has 6 atom stereocenters. The summed E-state index contributed by atoms with van der Waals surface area (Å²) in [6, 6.07) is 5.49. The maximum atomic E-state index is 12.9. The van der Waals surface area contributed by atoms with Crippen LogP contribution in [0, 0.1) is 5.92 Å². The molecule has 1 saturated carbocycles. The number of allylic oxidation sites excluding steroid dienone is 1. The van der Waals surface area contributed by atoms with Gasteiger partial charge in [0.05, 0.1) is 31.8 Å². The highest BCUT2D eigenvalue weighted by atomic mass is 16.6. The van der Waals surface area contributed by atoms with E-state index in [1.54, 1.807) is 14.2 Å². The average Bonchev–Trinajstić information content (AvgIpc) is 3.74. The Morgan fingerprint density at radius 1 is 1.25 bits per heavy atom. The average molecular weight is 504 g/mol. The van der Waals surface area contributed by atoms with E-state index in [2.05, 4.69) is 32.2 Å². The molecule has 1 aromatic rings. The third kappa shape index (κ3) is 5.66. The Kier molecular flexibility index (Phi) is 7.88. The van der Waals surface area contributed by atoms with E-state index in [0.717, 1.165) is 18.5 Å². The fourth-order valence-corrected chi connectivity index (χ4v) is 5.59. The summed E-state index contributed by atoms with van der Waals surface area (Å²) in [7, 11) is 3.28. The van der Waals surface area contributed by atoms with Gasteiger partial charge in [0.25, 0.3) is 0 Å². The molecule has 1 N–H and O–H groups in total. The number of esters is 1. The lowest BCUT2D eigenvalue weighted by Gasteiger charge is -2.42. The molecule has 8 heteroatoms. The van der Waals surface area contributed by atoms with Crippen LogP contribution in [-0.4, -0.2) is 69.0 Å². The highest BCUT2D eigenvalue weighted by Crippen LogP contribution is 2.59. The van der Waals surface area contributed by atoms with Gasteiger partial charge in [0, 0.05) is 18.9 Å². The second kappa shape index (κ2) is 10.6. The fraction of sp³-hybridized carbons (Fsp3) is 0.679. The number of carbonyl (C=O) groups is 1. The van der Waals surface area contributed by atoms with E-state index in [1.165, 1.54) is 5.57 Å². The van der Waals surface area contributed by atoms with Crippen LogP contribution in [0.5, 0.6) is 11.5 Å². The van der Waals surface area contributed by atoms with Gasteiger partial charge >= 0.3 is 5.97 Å². The Labute approximate surface area is 214 Å². The second-order valence-electron chi connectivity index (χ2n) is 10.8. The number of methoxy groups -OCH3 is 2. The first-order valence-electron chi connectivity index (χ1n) is 12.9. The third-order valence-electron chi connectivity index (χ3n) is 7.48. The van der Waals surface area contributed by atoms with Gasteiger partial charge in [-0.2, -0.15) is 0 Å². The molecule has 3 aliphatic rings. The Hall–Kier alpha value is -2.29. The van der Waals surface area contributed by atoms with E-state index in [0.29, 0.717) is 24.5 Å². The molecule has 2 saturated heterocycles. The number of rotatable bonds is 11. The zero-order valence-corrected chi connectivity index (χ0v) is 22.6. The number of carbonyl (C=O) groups excluding carboxylic acids is 1. The molecule has 200 valence electrons. The van der Waals surface area contributed by atoms with Crippen LogP contribution in [0.3, 0.4) is 0 Å². The van der Waals surface area contributed by atoms with Crippen molar-refractivity contribution in [3.8, 4) is 11.5 Å². The maximum Gasteiger partial charge on any atom is 0.325 e. The van der Waals surface area contributed by atoms with Crippen molar-refractivity contribution in [2.75, 3.05) is 32.7 Å². The lowest BCUT2D eigenvalue weighted by atomic mass is 9.68. The van der Waals surface area contributed by atoms with Crippen molar-refractivity contribution in [3.63, 3.8) is 0 Å². The zero-order chi connectivity index (χ0) is 26.1. The SMILES string of the molecule is COc1ccc(NCC(=O)OC2CCC3(CO3)C(C3(C)OC3CC=C(C)C)C2OC)cc1OC(C)C. The van der Waals surface area contributed by atoms with Crippen LogP contribution in [0.15, 0.2) is 29.8 Å². The molecule has 1 spiro atoms. The summed E-state index contributed by atoms with van der Waals surface area (Å²) in [5, 5.41) is 3.14. The lowest BCUT2D eigenvalue weighted by molar-refractivity contribution is -0.170. The van der Waals surface area contributed by atoms with Crippen molar-refractivity contribution < 1.29 is 33.2 Å². The molecule has 2 aliphatic heterocycles. The van der Waals surface area contributed by atoms with Gasteiger partial charge in [0.1, 0.15) is 30.0 Å². The van der Waals surface area contributed by atoms with E-state index in [9.17, 15) is 4.79 Å². The molecule has 36 heavy (non-hydrogen) atoms. The fourth-order valence-electron chi connectivity index (χ4n) is 5.59. The predicted molar refractivity (Wildman–Crippen MR) is 137 cm³/mol. The van der Waals surface area contributed by atoms with Crippen LogP contribution in [0.25, 0.3) is 0 Å². The van der Waals surface area contributed by atoms with E-state index in [-0.39, 0.29) is 54.0 Å². The Morgan fingerprint density at radius 2 is 2.00 bits per heavy atom. The quantitative estimate of drug-likeness (QED) is 0.268. The number of hydrogen-bond donors (Lipinski definition) is 1. The molecule has 1 aromatic carbocycles. The standard InChI is InChI=1S/C28H41NO7/c1-17(2)8-11-23-27(5,36-23)26-25(32-7)21(12-13-28(26)16-33-28)35-24(30)15-29-19-9-10-20(31-6)22(14-19)34-18(3)4/h8-10,14,18,21,23,25-26,29H,11-13,15-16H2,1-7H3. The van der Waals surface area contributed by atoms with Gasteiger partial charge in [0.15, 0.2) is 11.5 Å². The van der Waals surface area contributed by atoms with Crippen molar-refractivity contribution >= 4 is 11.7 Å². The molecule has 6 unspecified atom stereocenters. The first kappa shape index (κ1) is 26.8. The zero-order valence-electron chi connectivity index (χ0n) is 22.6. The van der Waals surface area contributed by atoms with Gasteiger partial charge in [-0.1, -0.05) is 11.6 Å². The number of ether oxygens (including phenoxy) is 6. The smallest absolute Gasteiger partial charge is 0.325 e. The molecular weight excluding hydrogens is 462 g/mol. The summed E-state index contributed by atoms with van der Waals surface area (Å²) in [5.74, 6) is 0.930. The molecule has 3 fully saturated rings. The van der Waals surface area contributed by atoms with Crippen molar-refractivity contribution in [1.82, 2.24) is 0 Å². The normalized spacial score (nSPS) is 32.7. The molecule has 0 amide bonds. The molecule has 2 heterocycles. The van der Waals surface area contributed by atoms with E-state index in [4.69, 9.17) is 28.4 Å². The highest BCUT2D eigenvalue weighted by Gasteiger charge is 2.72. The summed E-state index contributed by atoms with van der Waals surface area (Å²) in [6.07, 6.45) is 4.06. The summed E-state index contributed by atoms with van der Waals surface area (Å²) in [5.41, 5.74) is 1.42. The van der Waals surface area contributed by atoms with Crippen molar-refractivity contribution in [1.29, 1.82) is 0 Å². The number of epoxide rings is 2. The first-order chi connectivity index (χ1) is 17.1. The second-order valence-corrected chi connectivity index (χ2v) is 10.8. The lowest BCUT2D eigenvalue weighted by Crippen LogP contribution is -2.55. The van der Waals surface area contributed by atoms with Gasteiger partial charge < -0.3 is 33.7 Å². The summed E-state index contributed by atoms with van der Waals surface area (Å²) < 4.78 is 35.3. The molecule has 8 nitrogen and oxygen atoms in total. The van der Waals surface area contributed by atoms with Gasteiger partial charge in [-0.15, -0.1) is 0 Å². The van der Waals surface area contributed by atoms with Crippen LogP contribution >= 0.6 is 0 Å². The van der Waals surface area contributed by atoms with Crippen LogP contribution in [-0.2, 0) is 23.7 Å². The highest BCUT2D eigenvalue weighted by molar-refractivity contribution is 5.75. The van der Waals surface area contributed by atoms with Crippen LogP contribution in [0.2, 0.25) is 0 Å². The summed E-state index contributed by atoms with van der Waals surface area (Å²) >= 11 is 0. The topological polar surface area (TPSA) is 91.1 Å². The third-order valence-corrected chi connectivity index (χ3v) is 7.48. The van der Waals surface area contributed by atoms with Crippen LogP contribution < -0.4 is 14.8 Å². The largest absolute Gasteiger partial charge is 0.493 e. The van der Waals surface area contributed by atoms with Gasteiger partial charge in [-0.3, -0.25) is 4.79 Å². The van der Waals surface area contributed by atoms with Crippen molar-refractivity contribution in [3.05, 3.63) is 29.8 Å². The number of hydrogen-bond acceptors (Lipinski definition) is 8. The molecule has 4 rings (SSSR count). The van der Waals surface area contributed by atoms with Gasteiger partial charge in [-0.05, 0) is 66.0 Å².